The van der Waals surface area contributed by atoms with Gasteiger partial charge in [-0.05, 0) is 38.4 Å². The fourth-order valence-corrected chi connectivity index (χ4v) is 3.03. The quantitative estimate of drug-likeness (QED) is 0.887. The number of likely N-dealkylation sites (tertiary alicyclic amines) is 1. The Morgan fingerprint density at radius 3 is 2.75 bits per heavy atom. The second kappa shape index (κ2) is 8.10. The highest BCUT2D eigenvalue weighted by molar-refractivity contribution is 5.94. The minimum atomic E-state index is -0.866. The number of ether oxygens (including phenoxy) is 1. The molecule has 0 radical (unpaired) electrons. The van der Waals surface area contributed by atoms with E-state index in [2.05, 4.69) is 0 Å². The lowest BCUT2D eigenvalue weighted by atomic mass is 10.1. The van der Waals surface area contributed by atoms with E-state index in [0.717, 1.165) is 12.8 Å². The third-order valence-electron chi connectivity index (χ3n) is 4.40. The van der Waals surface area contributed by atoms with Gasteiger partial charge in [0.05, 0.1) is 19.2 Å². The van der Waals surface area contributed by atoms with Crippen LogP contribution < -0.4 is 4.74 Å². The van der Waals surface area contributed by atoms with Gasteiger partial charge in [-0.3, -0.25) is 14.5 Å². The van der Waals surface area contributed by atoms with Crippen molar-refractivity contribution in [3.05, 3.63) is 29.6 Å². The number of halogens is 1. The van der Waals surface area contributed by atoms with Crippen LogP contribution in [0.25, 0.3) is 0 Å². The van der Waals surface area contributed by atoms with Gasteiger partial charge < -0.3 is 14.7 Å². The summed E-state index contributed by atoms with van der Waals surface area (Å²) >= 11 is 0. The molecule has 1 aliphatic rings. The lowest BCUT2D eigenvalue weighted by Crippen LogP contribution is -2.37. The van der Waals surface area contributed by atoms with Gasteiger partial charge in [0.25, 0.3) is 5.91 Å². The number of aliphatic carboxylic acids is 1. The molecular weight excluding hydrogens is 315 g/mol. The fraction of sp³-hybridized carbons (Fsp3) is 0.529. The monoisotopic (exact) mass is 338 g/mol. The van der Waals surface area contributed by atoms with Gasteiger partial charge in [0, 0.05) is 25.2 Å². The van der Waals surface area contributed by atoms with Crippen LogP contribution in [-0.2, 0) is 4.79 Å². The Bertz CT molecular complexity index is 608. The van der Waals surface area contributed by atoms with Crippen molar-refractivity contribution in [1.29, 1.82) is 0 Å². The Kier molecular flexibility index (Phi) is 6.14. The number of carbonyl (C=O) groups excluding carboxylic acids is 1. The molecule has 1 atom stereocenters. The molecule has 0 bridgehead atoms. The van der Waals surface area contributed by atoms with Crippen LogP contribution in [0.2, 0.25) is 0 Å². The first-order valence-corrected chi connectivity index (χ1v) is 7.97. The Hall–Kier alpha value is -2.15. The maximum Gasteiger partial charge on any atom is 0.317 e. The van der Waals surface area contributed by atoms with Crippen molar-refractivity contribution in [2.45, 2.75) is 25.3 Å². The highest BCUT2D eigenvalue weighted by Crippen LogP contribution is 2.21. The van der Waals surface area contributed by atoms with Crippen LogP contribution in [-0.4, -0.2) is 66.6 Å². The average molecular weight is 338 g/mol. The Morgan fingerprint density at radius 2 is 2.12 bits per heavy atom. The Labute approximate surface area is 140 Å². The molecule has 6 nitrogen and oxygen atoms in total. The van der Waals surface area contributed by atoms with Crippen LogP contribution in [0.5, 0.6) is 5.75 Å². The number of carboxylic acids is 1. The van der Waals surface area contributed by atoms with Crippen molar-refractivity contribution < 1.29 is 23.8 Å². The summed E-state index contributed by atoms with van der Waals surface area (Å²) in [6, 6.07) is 4.32. The molecule has 1 amide bonds. The third kappa shape index (κ3) is 4.44. The number of carboxylic acid groups (broad SMARTS) is 1. The lowest BCUT2D eigenvalue weighted by Gasteiger charge is -2.25. The van der Waals surface area contributed by atoms with E-state index < -0.39 is 11.8 Å². The van der Waals surface area contributed by atoms with E-state index in [1.165, 1.54) is 19.2 Å². The van der Waals surface area contributed by atoms with Crippen molar-refractivity contribution in [2.75, 3.05) is 33.8 Å². The first-order chi connectivity index (χ1) is 11.4. The van der Waals surface area contributed by atoms with E-state index in [1.807, 2.05) is 0 Å². The number of likely N-dealkylation sites (N-methyl/N-ethyl adjacent to an activating group) is 1. The molecule has 1 aromatic rings. The summed E-state index contributed by atoms with van der Waals surface area (Å²) in [6.45, 7) is 1.01. The van der Waals surface area contributed by atoms with Gasteiger partial charge in [-0.25, -0.2) is 4.39 Å². The van der Waals surface area contributed by atoms with Gasteiger partial charge in [-0.15, -0.1) is 0 Å². The zero-order valence-corrected chi connectivity index (χ0v) is 14.0. The molecule has 1 aliphatic heterocycles. The molecule has 1 heterocycles. The average Bonchev–Trinajstić information content (AvgIpc) is 2.79. The summed E-state index contributed by atoms with van der Waals surface area (Å²) in [5.74, 6) is -1.43. The molecule has 7 heteroatoms. The smallest absolute Gasteiger partial charge is 0.317 e. The number of carbonyl (C=O) groups is 2. The number of hydrogen-bond donors (Lipinski definition) is 1. The Morgan fingerprint density at radius 1 is 1.38 bits per heavy atom. The second-order valence-electron chi connectivity index (χ2n) is 6.03. The van der Waals surface area contributed by atoms with E-state index in [-0.39, 0.29) is 24.1 Å². The van der Waals surface area contributed by atoms with Crippen LogP contribution in [0, 0.1) is 5.82 Å². The number of hydrogen-bond acceptors (Lipinski definition) is 4. The van der Waals surface area contributed by atoms with E-state index in [1.54, 1.807) is 22.9 Å². The summed E-state index contributed by atoms with van der Waals surface area (Å²) in [7, 11) is 3.22. The van der Waals surface area contributed by atoms with Crippen LogP contribution in [0.1, 0.15) is 29.6 Å². The standard InChI is InChI=1S/C17H23FN2O4/c1-19(11-16(21)22)12-4-3-8-20(9-7-12)17(23)14-6-5-13(24-2)10-15(14)18/h5-6,10,12H,3-4,7-9,11H2,1-2H3,(H,21,22). The summed E-state index contributed by atoms with van der Waals surface area (Å²) < 4.78 is 19.0. The molecule has 0 aromatic heterocycles. The molecule has 0 spiro atoms. The summed E-state index contributed by atoms with van der Waals surface area (Å²) in [5.41, 5.74) is 0.0353. The van der Waals surface area contributed by atoms with Crippen LogP contribution in [0.4, 0.5) is 4.39 Å². The molecule has 1 unspecified atom stereocenters. The van der Waals surface area contributed by atoms with Crippen LogP contribution >= 0.6 is 0 Å². The number of amides is 1. The topological polar surface area (TPSA) is 70.1 Å². The van der Waals surface area contributed by atoms with E-state index >= 15 is 0 Å². The summed E-state index contributed by atoms with van der Waals surface area (Å²) in [5, 5.41) is 8.89. The highest BCUT2D eigenvalue weighted by atomic mass is 19.1. The van der Waals surface area contributed by atoms with Crippen molar-refractivity contribution in [1.82, 2.24) is 9.80 Å². The molecular formula is C17H23FN2O4. The van der Waals surface area contributed by atoms with Crippen LogP contribution in [0.15, 0.2) is 18.2 Å². The Balaban J connectivity index is 2.03. The van der Waals surface area contributed by atoms with Crippen LogP contribution in [0.3, 0.4) is 0 Å². The van der Waals surface area contributed by atoms with Gasteiger partial charge in [0.1, 0.15) is 11.6 Å². The SMILES string of the molecule is COc1ccc(C(=O)N2CCCC(N(C)CC(=O)O)CC2)c(F)c1. The summed E-state index contributed by atoms with van der Waals surface area (Å²) in [4.78, 5) is 26.8. The van der Waals surface area contributed by atoms with E-state index in [0.29, 0.717) is 25.3 Å². The second-order valence-corrected chi connectivity index (χ2v) is 6.03. The van der Waals surface area contributed by atoms with Crippen molar-refractivity contribution >= 4 is 11.9 Å². The predicted molar refractivity (Wildman–Crippen MR) is 86.8 cm³/mol. The number of nitrogens with zero attached hydrogens (tertiary/aromatic N) is 2. The van der Waals surface area contributed by atoms with Gasteiger partial charge in [0.2, 0.25) is 0 Å². The molecule has 2 rings (SSSR count). The number of benzene rings is 1. The zero-order valence-electron chi connectivity index (χ0n) is 14.0. The van der Waals surface area contributed by atoms with Crippen molar-refractivity contribution in [3.63, 3.8) is 0 Å². The molecule has 1 aromatic carbocycles. The maximum atomic E-state index is 14.1. The molecule has 0 aliphatic carbocycles. The van der Waals surface area contributed by atoms with Crippen molar-refractivity contribution in [2.24, 2.45) is 0 Å². The van der Waals surface area contributed by atoms with E-state index in [4.69, 9.17) is 9.84 Å². The largest absolute Gasteiger partial charge is 0.497 e. The van der Waals surface area contributed by atoms with Gasteiger partial charge in [0.15, 0.2) is 0 Å². The number of rotatable bonds is 5. The molecule has 0 saturated carbocycles. The first kappa shape index (κ1) is 18.2. The molecule has 24 heavy (non-hydrogen) atoms. The molecule has 1 fully saturated rings. The molecule has 1 N–H and O–H groups in total. The minimum Gasteiger partial charge on any atom is -0.497 e. The fourth-order valence-electron chi connectivity index (χ4n) is 3.03. The third-order valence-corrected chi connectivity index (χ3v) is 4.40. The van der Waals surface area contributed by atoms with E-state index in [9.17, 15) is 14.0 Å². The maximum absolute atomic E-state index is 14.1. The van der Waals surface area contributed by atoms with Gasteiger partial charge in [-0.2, -0.15) is 0 Å². The summed E-state index contributed by atoms with van der Waals surface area (Å²) in [6.07, 6.45) is 2.25. The minimum absolute atomic E-state index is 0.0221. The van der Waals surface area contributed by atoms with Crippen molar-refractivity contribution in [3.8, 4) is 5.75 Å². The van der Waals surface area contributed by atoms with Gasteiger partial charge in [-0.1, -0.05) is 0 Å². The zero-order chi connectivity index (χ0) is 17.7. The highest BCUT2D eigenvalue weighted by Gasteiger charge is 2.26. The number of methoxy groups -OCH3 is 1. The predicted octanol–water partition coefficient (Wildman–Crippen LogP) is 1.85. The van der Waals surface area contributed by atoms with Gasteiger partial charge >= 0.3 is 5.97 Å². The molecule has 1 saturated heterocycles. The lowest BCUT2D eigenvalue weighted by molar-refractivity contribution is -0.138. The first-order valence-electron chi connectivity index (χ1n) is 7.97. The molecule has 132 valence electrons. The normalized spacial score (nSPS) is 18.3.